The lowest BCUT2D eigenvalue weighted by Crippen LogP contribution is -2.54. The molecule has 1 saturated carbocycles. The van der Waals surface area contributed by atoms with Crippen molar-refractivity contribution in [2.75, 3.05) is 0 Å². The molecule has 1 amide bonds. The molecule has 1 aromatic heterocycles. The molecule has 5 heteroatoms. The smallest absolute Gasteiger partial charge is 0.227 e. The monoisotopic (exact) mass is 262 g/mol. The van der Waals surface area contributed by atoms with Crippen LogP contribution in [0, 0.1) is 5.41 Å². The molecule has 3 unspecified atom stereocenters. The van der Waals surface area contributed by atoms with Crippen LogP contribution in [0.5, 0.6) is 0 Å². The maximum atomic E-state index is 11.9. The second kappa shape index (κ2) is 4.75. The number of aromatic nitrogens is 1. The van der Waals surface area contributed by atoms with Crippen molar-refractivity contribution in [3.8, 4) is 0 Å². The van der Waals surface area contributed by atoms with Crippen LogP contribution in [0.15, 0.2) is 37.2 Å². The Labute approximate surface area is 111 Å². The van der Waals surface area contributed by atoms with Crippen molar-refractivity contribution in [1.82, 2.24) is 4.98 Å². The average molecular weight is 262 g/mol. The van der Waals surface area contributed by atoms with E-state index in [1.165, 1.54) is 6.20 Å². The third-order valence-corrected chi connectivity index (χ3v) is 4.12. The van der Waals surface area contributed by atoms with Gasteiger partial charge in [-0.2, -0.15) is 0 Å². The molecule has 1 aromatic rings. The predicted molar refractivity (Wildman–Crippen MR) is 69.8 cm³/mol. The summed E-state index contributed by atoms with van der Waals surface area (Å²) in [5.41, 5.74) is 2.96. The van der Waals surface area contributed by atoms with Gasteiger partial charge in [0.15, 0.2) is 0 Å². The number of nitrogens with two attached hydrogens (primary N) is 1. The molecule has 3 atom stereocenters. The van der Waals surface area contributed by atoms with Crippen molar-refractivity contribution in [3.63, 3.8) is 0 Å². The number of hydrogen-bond acceptors (Lipinski definition) is 4. The van der Waals surface area contributed by atoms with Gasteiger partial charge < -0.3 is 15.9 Å². The lowest BCUT2D eigenvalue weighted by molar-refractivity contribution is -0.159. The van der Waals surface area contributed by atoms with Crippen molar-refractivity contribution in [2.45, 2.75) is 31.0 Å². The summed E-state index contributed by atoms with van der Waals surface area (Å²) in [5, 5.41) is 21.2. The predicted octanol–water partition coefficient (Wildman–Crippen LogP) is 0.472. The molecular weight excluding hydrogens is 244 g/mol. The molecule has 19 heavy (non-hydrogen) atoms. The average Bonchev–Trinajstić information content (AvgIpc) is 2.67. The number of primary amides is 1. The minimum absolute atomic E-state index is 0.213. The van der Waals surface area contributed by atoms with Crippen molar-refractivity contribution in [3.05, 3.63) is 42.7 Å². The van der Waals surface area contributed by atoms with Gasteiger partial charge in [-0.25, -0.2) is 0 Å². The summed E-state index contributed by atoms with van der Waals surface area (Å²) < 4.78 is 0. The fourth-order valence-corrected chi connectivity index (χ4v) is 3.07. The number of nitrogens with zero attached hydrogens (tertiary/aromatic N) is 1. The second-order valence-electron chi connectivity index (χ2n) is 5.00. The highest BCUT2D eigenvalue weighted by atomic mass is 16.3. The summed E-state index contributed by atoms with van der Waals surface area (Å²) in [5.74, 6) is -0.629. The standard InChI is InChI=1S/C14H18N2O3/c1-2-6-13(12(15)18)7-5-11(17)14(13,19)10-4-3-8-16-9-10/h2-4,8-9,11,17,19H,1,5-7H2,(H2,15,18). The Morgan fingerprint density at radius 2 is 2.42 bits per heavy atom. The van der Waals surface area contributed by atoms with E-state index in [4.69, 9.17) is 5.73 Å². The number of carbonyl (C=O) groups is 1. The Balaban J connectivity index is 2.61. The van der Waals surface area contributed by atoms with Gasteiger partial charge in [0.2, 0.25) is 5.91 Å². The molecule has 0 bridgehead atoms. The summed E-state index contributed by atoms with van der Waals surface area (Å²) >= 11 is 0. The molecule has 1 aliphatic carbocycles. The molecule has 1 aliphatic rings. The van der Waals surface area contributed by atoms with E-state index in [0.29, 0.717) is 18.4 Å². The number of aliphatic hydroxyl groups is 2. The third-order valence-electron chi connectivity index (χ3n) is 4.12. The van der Waals surface area contributed by atoms with Crippen LogP contribution >= 0.6 is 0 Å². The van der Waals surface area contributed by atoms with Crippen LogP contribution in [0.1, 0.15) is 24.8 Å². The Morgan fingerprint density at radius 3 is 2.95 bits per heavy atom. The molecule has 1 fully saturated rings. The SMILES string of the molecule is C=CCC1(C(N)=O)CCC(O)C1(O)c1cccnc1. The molecule has 0 spiro atoms. The third kappa shape index (κ3) is 1.77. The minimum atomic E-state index is -1.72. The summed E-state index contributed by atoms with van der Waals surface area (Å²) in [6, 6.07) is 3.29. The highest BCUT2D eigenvalue weighted by Crippen LogP contribution is 2.54. The van der Waals surface area contributed by atoms with Gasteiger partial charge >= 0.3 is 0 Å². The van der Waals surface area contributed by atoms with Crippen molar-refractivity contribution in [2.24, 2.45) is 11.1 Å². The highest BCUT2D eigenvalue weighted by Gasteiger charge is 2.63. The summed E-state index contributed by atoms with van der Waals surface area (Å²) in [4.78, 5) is 15.9. The van der Waals surface area contributed by atoms with E-state index in [-0.39, 0.29) is 6.42 Å². The van der Waals surface area contributed by atoms with Gasteiger partial charge in [0, 0.05) is 18.0 Å². The lowest BCUT2D eigenvalue weighted by atomic mass is 9.67. The number of rotatable bonds is 4. The fourth-order valence-electron chi connectivity index (χ4n) is 3.07. The van der Waals surface area contributed by atoms with Crippen LogP contribution in [0.2, 0.25) is 0 Å². The molecule has 0 aromatic carbocycles. The Kier molecular flexibility index (Phi) is 3.43. The number of hydrogen-bond donors (Lipinski definition) is 3. The first kappa shape index (κ1) is 13.7. The van der Waals surface area contributed by atoms with Crippen molar-refractivity contribution >= 4 is 5.91 Å². The zero-order valence-corrected chi connectivity index (χ0v) is 10.6. The quantitative estimate of drug-likeness (QED) is 0.687. The van der Waals surface area contributed by atoms with Crippen molar-refractivity contribution < 1.29 is 15.0 Å². The fraction of sp³-hybridized carbons (Fsp3) is 0.429. The number of aliphatic hydroxyl groups excluding tert-OH is 1. The maximum absolute atomic E-state index is 11.9. The van der Waals surface area contributed by atoms with E-state index in [2.05, 4.69) is 11.6 Å². The molecule has 0 aliphatic heterocycles. The van der Waals surface area contributed by atoms with Gasteiger partial charge in [-0.3, -0.25) is 9.78 Å². The first-order valence-corrected chi connectivity index (χ1v) is 6.21. The van der Waals surface area contributed by atoms with Gasteiger partial charge in [-0.15, -0.1) is 6.58 Å². The van der Waals surface area contributed by atoms with Gasteiger partial charge in [0.1, 0.15) is 5.60 Å². The molecule has 102 valence electrons. The van der Waals surface area contributed by atoms with Gasteiger partial charge in [-0.05, 0) is 25.3 Å². The van der Waals surface area contributed by atoms with E-state index < -0.39 is 23.0 Å². The van der Waals surface area contributed by atoms with Crippen LogP contribution in [-0.4, -0.2) is 27.2 Å². The summed E-state index contributed by atoms with van der Waals surface area (Å²) in [6.07, 6.45) is 4.35. The zero-order chi connectivity index (χ0) is 14.1. The first-order valence-electron chi connectivity index (χ1n) is 6.21. The summed E-state index contributed by atoms with van der Waals surface area (Å²) in [7, 11) is 0. The number of amides is 1. The first-order chi connectivity index (χ1) is 8.99. The largest absolute Gasteiger partial charge is 0.390 e. The summed E-state index contributed by atoms with van der Waals surface area (Å²) in [6.45, 7) is 3.62. The Hall–Kier alpha value is -1.72. The van der Waals surface area contributed by atoms with Crippen LogP contribution in [0.4, 0.5) is 0 Å². The second-order valence-corrected chi connectivity index (χ2v) is 5.00. The van der Waals surface area contributed by atoms with E-state index in [1.54, 1.807) is 24.4 Å². The molecule has 5 nitrogen and oxygen atoms in total. The molecule has 0 radical (unpaired) electrons. The van der Waals surface area contributed by atoms with E-state index in [9.17, 15) is 15.0 Å². The van der Waals surface area contributed by atoms with E-state index >= 15 is 0 Å². The van der Waals surface area contributed by atoms with Gasteiger partial charge in [0.05, 0.1) is 11.5 Å². The Morgan fingerprint density at radius 1 is 1.68 bits per heavy atom. The topological polar surface area (TPSA) is 96.4 Å². The number of allylic oxidation sites excluding steroid dienone is 1. The highest BCUT2D eigenvalue weighted by molar-refractivity contribution is 5.83. The van der Waals surface area contributed by atoms with E-state index in [0.717, 1.165) is 0 Å². The molecular formula is C14H18N2O3. The normalized spacial score (nSPS) is 34.1. The Bertz CT molecular complexity index is 491. The maximum Gasteiger partial charge on any atom is 0.227 e. The van der Waals surface area contributed by atoms with Gasteiger partial charge in [0.25, 0.3) is 0 Å². The molecule has 1 heterocycles. The number of carbonyl (C=O) groups excluding carboxylic acids is 1. The number of pyridine rings is 1. The van der Waals surface area contributed by atoms with E-state index in [1.807, 2.05) is 0 Å². The van der Waals surface area contributed by atoms with Crippen LogP contribution in [-0.2, 0) is 10.4 Å². The van der Waals surface area contributed by atoms with Crippen LogP contribution in [0.3, 0.4) is 0 Å². The molecule has 0 saturated heterocycles. The zero-order valence-electron chi connectivity index (χ0n) is 10.6. The van der Waals surface area contributed by atoms with Gasteiger partial charge in [-0.1, -0.05) is 12.1 Å². The minimum Gasteiger partial charge on any atom is -0.390 e. The molecule has 2 rings (SSSR count). The van der Waals surface area contributed by atoms with Crippen molar-refractivity contribution in [1.29, 1.82) is 0 Å². The lowest BCUT2D eigenvalue weighted by Gasteiger charge is -2.41. The van der Waals surface area contributed by atoms with Crippen LogP contribution < -0.4 is 5.73 Å². The molecule has 4 N–H and O–H groups in total. The van der Waals surface area contributed by atoms with Crippen LogP contribution in [0.25, 0.3) is 0 Å².